The molecule has 0 aromatic carbocycles. The van der Waals surface area contributed by atoms with E-state index in [4.69, 9.17) is 4.74 Å². The fourth-order valence-electron chi connectivity index (χ4n) is 2.16. The zero-order chi connectivity index (χ0) is 8.39. The highest BCUT2D eigenvalue weighted by Gasteiger charge is 2.33. The van der Waals surface area contributed by atoms with E-state index < -0.39 is 0 Å². The van der Waals surface area contributed by atoms with Crippen LogP contribution in [0.5, 0.6) is 0 Å². The zero-order valence-corrected chi connectivity index (χ0v) is 8.48. The maximum absolute atomic E-state index is 5.48. The number of fused-ring (bicyclic) bond motifs is 1. The summed E-state index contributed by atoms with van der Waals surface area (Å²) in [5.41, 5.74) is 0. The van der Waals surface area contributed by atoms with Crippen molar-refractivity contribution >= 4 is 11.8 Å². The van der Waals surface area contributed by atoms with Crippen LogP contribution in [0.3, 0.4) is 0 Å². The van der Waals surface area contributed by atoms with Gasteiger partial charge in [-0.05, 0) is 13.0 Å². The molecule has 3 heteroatoms. The topological polar surface area (TPSA) is 12.5 Å². The summed E-state index contributed by atoms with van der Waals surface area (Å²) >= 11 is 2.10. The minimum Gasteiger partial charge on any atom is -0.380 e. The molecule has 0 amide bonds. The third kappa shape index (κ3) is 1.63. The average Bonchev–Trinajstić information content (AvgIpc) is 2.17. The molecule has 0 aromatic heterocycles. The SMILES string of the molecule is CCN1CCSC2COCCC21. The fourth-order valence-corrected chi connectivity index (χ4v) is 3.52. The van der Waals surface area contributed by atoms with Crippen molar-refractivity contribution in [3.63, 3.8) is 0 Å². The molecule has 0 N–H and O–H groups in total. The molecular formula is C9H17NOS. The monoisotopic (exact) mass is 187 g/mol. The first-order valence-electron chi connectivity index (χ1n) is 4.85. The molecule has 0 aliphatic carbocycles. The van der Waals surface area contributed by atoms with Crippen LogP contribution >= 0.6 is 11.8 Å². The van der Waals surface area contributed by atoms with Crippen molar-refractivity contribution < 1.29 is 4.74 Å². The van der Waals surface area contributed by atoms with Gasteiger partial charge < -0.3 is 4.74 Å². The van der Waals surface area contributed by atoms with E-state index in [0.717, 1.165) is 24.5 Å². The first-order valence-corrected chi connectivity index (χ1v) is 5.90. The van der Waals surface area contributed by atoms with Crippen LogP contribution in [0.25, 0.3) is 0 Å². The minimum atomic E-state index is 0.757. The quantitative estimate of drug-likeness (QED) is 0.612. The lowest BCUT2D eigenvalue weighted by molar-refractivity contribution is 0.0401. The number of ether oxygens (including phenoxy) is 1. The van der Waals surface area contributed by atoms with Gasteiger partial charge in [0.15, 0.2) is 0 Å². The number of thioether (sulfide) groups is 1. The van der Waals surface area contributed by atoms with Gasteiger partial charge in [-0.1, -0.05) is 6.92 Å². The molecular weight excluding hydrogens is 170 g/mol. The smallest absolute Gasteiger partial charge is 0.0600 e. The molecule has 2 fully saturated rings. The first-order chi connectivity index (χ1) is 5.92. The molecule has 12 heavy (non-hydrogen) atoms. The van der Waals surface area contributed by atoms with Crippen LogP contribution in [0, 0.1) is 0 Å². The van der Waals surface area contributed by atoms with E-state index in [-0.39, 0.29) is 0 Å². The molecule has 2 rings (SSSR count). The van der Waals surface area contributed by atoms with Crippen molar-refractivity contribution in [2.45, 2.75) is 24.6 Å². The first kappa shape index (κ1) is 8.85. The predicted octanol–water partition coefficient (Wildman–Crippen LogP) is 1.21. The Bertz CT molecular complexity index is 145. The molecule has 2 unspecified atom stereocenters. The average molecular weight is 187 g/mol. The molecule has 0 aromatic rings. The lowest BCUT2D eigenvalue weighted by Crippen LogP contribution is -2.51. The molecule has 2 nitrogen and oxygen atoms in total. The fraction of sp³-hybridized carbons (Fsp3) is 1.00. The van der Waals surface area contributed by atoms with Gasteiger partial charge in [0.1, 0.15) is 0 Å². The summed E-state index contributed by atoms with van der Waals surface area (Å²) in [6, 6.07) is 0.808. The summed E-state index contributed by atoms with van der Waals surface area (Å²) in [6.45, 7) is 6.70. The van der Waals surface area contributed by atoms with Crippen LogP contribution in [-0.2, 0) is 4.74 Å². The van der Waals surface area contributed by atoms with Crippen molar-refractivity contribution in [2.75, 3.05) is 32.1 Å². The lowest BCUT2D eigenvalue weighted by atomic mass is 10.1. The van der Waals surface area contributed by atoms with Crippen molar-refractivity contribution in [1.82, 2.24) is 4.90 Å². The maximum Gasteiger partial charge on any atom is 0.0600 e. The Kier molecular flexibility index (Phi) is 2.94. The van der Waals surface area contributed by atoms with Crippen molar-refractivity contribution in [2.24, 2.45) is 0 Å². The number of rotatable bonds is 1. The van der Waals surface area contributed by atoms with E-state index in [2.05, 4.69) is 23.6 Å². The number of hydrogen-bond donors (Lipinski definition) is 0. The van der Waals surface area contributed by atoms with Crippen molar-refractivity contribution in [3.8, 4) is 0 Å². The maximum atomic E-state index is 5.48. The van der Waals surface area contributed by atoms with Gasteiger partial charge in [-0.2, -0.15) is 11.8 Å². The Hall–Kier alpha value is 0.270. The van der Waals surface area contributed by atoms with Crippen LogP contribution in [-0.4, -0.2) is 48.2 Å². The van der Waals surface area contributed by atoms with E-state index in [1.165, 1.54) is 25.3 Å². The zero-order valence-electron chi connectivity index (χ0n) is 7.66. The van der Waals surface area contributed by atoms with E-state index in [9.17, 15) is 0 Å². The predicted molar refractivity (Wildman–Crippen MR) is 52.7 cm³/mol. The van der Waals surface area contributed by atoms with Gasteiger partial charge in [-0.15, -0.1) is 0 Å². The highest BCUT2D eigenvalue weighted by Crippen LogP contribution is 2.29. The molecule has 0 saturated carbocycles. The van der Waals surface area contributed by atoms with Crippen LogP contribution in [0.1, 0.15) is 13.3 Å². The molecule has 2 heterocycles. The summed E-state index contributed by atoms with van der Waals surface area (Å²) in [7, 11) is 0. The second-order valence-electron chi connectivity index (χ2n) is 3.47. The Morgan fingerprint density at radius 2 is 2.50 bits per heavy atom. The van der Waals surface area contributed by atoms with Crippen LogP contribution in [0.2, 0.25) is 0 Å². The molecule has 2 saturated heterocycles. The summed E-state index contributed by atoms with van der Waals surface area (Å²) in [5.74, 6) is 1.29. The molecule has 0 radical (unpaired) electrons. The molecule has 2 atom stereocenters. The van der Waals surface area contributed by atoms with Gasteiger partial charge in [0.05, 0.1) is 6.61 Å². The Labute approximate surface area is 78.6 Å². The standard InChI is InChI=1S/C9H17NOS/c1-2-10-4-6-12-9-7-11-5-3-8(9)10/h8-9H,2-7H2,1H3. The molecule has 70 valence electrons. The van der Waals surface area contributed by atoms with Gasteiger partial charge in [0.2, 0.25) is 0 Å². The van der Waals surface area contributed by atoms with Gasteiger partial charge in [-0.3, -0.25) is 4.90 Å². The Morgan fingerprint density at radius 1 is 1.58 bits per heavy atom. The van der Waals surface area contributed by atoms with Crippen molar-refractivity contribution in [3.05, 3.63) is 0 Å². The van der Waals surface area contributed by atoms with Gasteiger partial charge in [-0.25, -0.2) is 0 Å². The van der Waals surface area contributed by atoms with E-state index in [0.29, 0.717) is 0 Å². The number of hydrogen-bond acceptors (Lipinski definition) is 3. The molecule has 2 aliphatic rings. The second kappa shape index (κ2) is 3.99. The van der Waals surface area contributed by atoms with Gasteiger partial charge >= 0.3 is 0 Å². The second-order valence-corrected chi connectivity index (χ2v) is 4.82. The lowest BCUT2D eigenvalue weighted by Gasteiger charge is -2.42. The van der Waals surface area contributed by atoms with Gasteiger partial charge in [0, 0.05) is 30.2 Å². The molecule has 0 bridgehead atoms. The van der Waals surface area contributed by atoms with Crippen LogP contribution in [0.15, 0.2) is 0 Å². The normalized spacial score (nSPS) is 37.8. The van der Waals surface area contributed by atoms with Crippen LogP contribution < -0.4 is 0 Å². The van der Waals surface area contributed by atoms with Crippen molar-refractivity contribution in [1.29, 1.82) is 0 Å². The molecule has 0 spiro atoms. The Balaban J connectivity index is 1.99. The number of nitrogens with zero attached hydrogens (tertiary/aromatic N) is 1. The highest BCUT2D eigenvalue weighted by molar-refractivity contribution is 8.00. The summed E-state index contributed by atoms with van der Waals surface area (Å²) < 4.78 is 5.48. The summed E-state index contributed by atoms with van der Waals surface area (Å²) in [5, 5.41) is 0.757. The molecule has 2 aliphatic heterocycles. The Morgan fingerprint density at radius 3 is 3.33 bits per heavy atom. The third-order valence-electron chi connectivity index (χ3n) is 2.85. The largest absolute Gasteiger partial charge is 0.380 e. The van der Waals surface area contributed by atoms with Gasteiger partial charge in [0.25, 0.3) is 0 Å². The van der Waals surface area contributed by atoms with E-state index in [1.54, 1.807) is 0 Å². The third-order valence-corrected chi connectivity index (χ3v) is 4.15. The highest BCUT2D eigenvalue weighted by atomic mass is 32.2. The van der Waals surface area contributed by atoms with E-state index >= 15 is 0 Å². The summed E-state index contributed by atoms with van der Waals surface area (Å²) in [6.07, 6.45) is 1.24. The summed E-state index contributed by atoms with van der Waals surface area (Å²) in [4.78, 5) is 2.61. The van der Waals surface area contributed by atoms with E-state index in [1.807, 2.05) is 0 Å². The van der Waals surface area contributed by atoms with Crippen LogP contribution in [0.4, 0.5) is 0 Å². The minimum absolute atomic E-state index is 0.757.